The SMILES string of the molecule is CC1(Cc2ccc(OCC(=O)c3cccc(Cl)c3)cc2)SC(=O)NC1=O.CC1(Cc2ccc(OCC(=O)c3ccccc3Cl)cc2)SC(=O)NC1=O.COc1ccc(C(=O)COc2ccc(CC3(C)SC(=O)NC3=O)cc2)cc1.COc1ccccc1C(=O)COc1ccc(CC2(C)SC(=O)NC2=O)cc1. The van der Waals surface area contributed by atoms with Crippen molar-refractivity contribution in [2.24, 2.45) is 0 Å². The average molecular weight is 1550 g/mol. The van der Waals surface area contributed by atoms with Crippen LogP contribution in [0, 0.1) is 0 Å². The van der Waals surface area contributed by atoms with Crippen molar-refractivity contribution in [2.75, 3.05) is 40.6 Å². The van der Waals surface area contributed by atoms with Crippen molar-refractivity contribution in [3.05, 3.63) is 249 Å². The summed E-state index contributed by atoms with van der Waals surface area (Å²) in [6, 6.07) is 55.9. The fraction of sp³-hybridized carbons (Fsp3) is 0.231. The van der Waals surface area contributed by atoms with E-state index in [1.807, 2.05) is 48.5 Å². The molecule has 4 aliphatic heterocycles. The number of ether oxygens (including phenoxy) is 6. The van der Waals surface area contributed by atoms with Gasteiger partial charge in [-0.25, -0.2) is 0 Å². The number of carbonyl (C=O) groups excluding carboxylic acids is 12. The number of thioether (sulfide) groups is 4. The second kappa shape index (κ2) is 36.2. The average Bonchev–Trinajstić information content (AvgIpc) is 1.67. The molecule has 0 spiro atoms. The van der Waals surface area contributed by atoms with Gasteiger partial charge in [-0.3, -0.25) is 78.8 Å². The molecule has 0 saturated carbocycles. The van der Waals surface area contributed by atoms with Gasteiger partial charge in [0.1, 0.15) is 53.5 Å². The Balaban J connectivity index is 0.000000163. The van der Waals surface area contributed by atoms with Crippen LogP contribution in [-0.2, 0) is 44.9 Å². The highest BCUT2D eigenvalue weighted by Crippen LogP contribution is 2.39. The molecule has 0 aromatic heterocycles. The Labute approximate surface area is 637 Å². The number of ketones is 4. The fourth-order valence-electron chi connectivity index (χ4n) is 10.8. The molecule has 22 nitrogen and oxygen atoms in total. The third-order valence-electron chi connectivity index (χ3n) is 16.5. The van der Waals surface area contributed by atoms with E-state index in [0.717, 1.165) is 69.3 Å². The summed E-state index contributed by atoms with van der Waals surface area (Å²) in [5.74, 6) is 1.61. The van der Waals surface area contributed by atoms with Crippen molar-refractivity contribution in [1.82, 2.24) is 21.3 Å². The molecule has 4 N–H and O–H groups in total. The zero-order valence-electron chi connectivity index (χ0n) is 57.9. The largest absolute Gasteiger partial charge is 0.497 e. The van der Waals surface area contributed by atoms with Gasteiger partial charge in [0, 0.05) is 21.7 Å². The number of hydrogen-bond donors (Lipinski definition) is 4. The lowest BCUT2D eigenvalue weighted by molar-refractivity contribution is -0.122. The Morgan fingerprint density at radius 2 is 0.651 bits per heavy atom. The first-order chi connectivity index (χ1) is 50.5. The molecular weight excluding hydrogens is 1480 g/mol. The van der Waals surface area contributed by atoms with E-state index in [2.05, 4.69) is 21.3 Å². The molecule has 8 amide bonds. The van der Waals surface area contributed by atoms with Gasteiger partial charge in [-0.15, -0.1) is 0 Å². The second-order valence-electron chi connectivity index (χ2n) is 24.8. The third kappa shape index (κ3) is 21.9. The van der Waals surface area contributed by atoms with Crippen LogP contribution in [0.15, 0.2) is 194 Å². The number of nitrogens with one attached hydrogen (secondary N) is 4. The number of Topliss-reactive ketones (excluding diaryl/α,β-unsaturated/α-hetero) is 4. The van der Waals surface area contributed by atoms with E-state index >= 15 is 0 Å². The van der Waals surface area contributed by atoms with Gasteiger partial charge >= 0.3 is 0 Å². The molecule has 106 heavy (non-hydrogen) atoms. The van der Waals surface area contributed by atoms with Crippen molar-refractivity contribution >= 4 is 138 Å². The number of benzene rings is 8. The van der Waals surface area contributed by atoms with Gasteiger partial charge in [0.25, 0.3) is 21.0 Å². The van der Waals surface area contributed by atoms with Gasteiger partial charge in [0.05, 0.1) is 24.8 Å². The number of para-hydroxylation sites is 1. The summed E-state index contributed by atoms with van der Waals surface area (Å²) in [6.07, 6.45) is 1.71. The topological polar surface area (TPSA) is 308 Å². The summed E-state index contributed by atoms with van der Waals surface area (Å²) in [6.45, 7) is 6.58. The van der Waals surface area contributed by atoms with Gasteiger partial charge in [0.2, 0.25) is 35.2 Å². The Morgan fingerprint density at radius 1 is 0.340 bits per heavy atom. The number of rotatable bonds is 26. The summed E-state index contributed by atoms with van der Waals surface area (Å²) in [5, 5.41) is 8.84. The van der Waals surface area contributed by atoms with Crippen molar-refractivity contribution in [3.8, 4) is 34.5 Å². The van der Waals surface area contributed by atoms with Gasteiger partial charge in [-0.05, 0) is 232 Å². The zero-order valence-corrected chi connectivity index (χ0v) is 62.6. The van der Waals surface area contributed by atoms with Crippen molar-refractivity contribution in [1.29, 1.82) is 0 Å². The van der Waals surface area contributed by atoms with Crippen molar-refractivity contribution in [3.63, 3.8) is 0 Å². The maximum atomic E-state index is 12.3. The molecular formula is C78H70Cl2N4O18S4. The first kappa shape index (κ1) is 79.9. The lowest BCUT2D eigenvalue weighted by Gasteiger charge is -2.18. The minimum atomic E-state index is -0.806. The van der Waals surface area contributed by atoms with Gasteiger partial charge in [-0.1, -0.05) is 108 Å². The molecule has 12 rings (SSSR count). The smallest absolute Gasteiger partial charge is 0.286 e. The number of carbonyl (C=O) groups is 12. The van der Waals surface area contributed by atoms with Gasteiger partial charge in [0.15, 0.2) is 38.0 Å². The molecule has 4 unspecified atom stereocenters. The number of amides is 8. The molecule has 0 radical (unpaired) electrons. The predicted octanol–water partition coefficient (Wildman–Crippen LogP) is 14.3. The first-order valence-corrected chi connectivity index (χ1v) is 36.5. The van der Waals surface area contributed by atoms with Gasteiger partial charge in [-0.2, -0.15) is 0 Å². The van der Waals surface area contributed by atoms with Crippen LogP contribution in [-0.4, -0.2) is 127 Å². The lowest BCUT2D eigenvalue weighted by Crippen LogP contribution is -2.35. The highest BCUT2D eigenvalue weighted by atomic mass is 35.5. The molecule has 4 atom stereocenters. The summed E-state index contributed by atoms with van der Waals surface area (Å²) in [5.41, 5.74) is 5.55. The van der Waals surface area contributed by atoms with Crippen LogP contribution >= 0.6 is 70.2 Å². The van der Waals surface area contributed by atoms with Gasteiger partial charge < -0.3 is 28.4 Å². The highest BCUT2D eigenvalue weighted by Gasteiger charge is 2.46. The molecule has 548 valence electrons. The number of hydrogen-bond acceptors (Lipinski definition) is 22. The molecule has 8 aromatic rings. The maximum absolute atomic E-state index is 12.3. The Kier molecular flexibility index (Phi) is 27.3. The van der Waals surface area contributed by atoms with Crippen LogP contribution in [0.1, 0.15) is 91.4 Å². The molecule has 0 aliphatic carbocycles. The van der Waals surface area contributed by atoms with Crippen LogP contribution < -0.4 is 49.7 Å². The van der Waals surface area contributed by atoms with E-state index in [0.29, 0.717) is 92.5 Å². The van der Waals surface area contributed by atoms with Crippen LogP contribution in [0.25, 0.3) is 0 Å². The molecule has 8 aromatic carbocycles. The number of imide groups is 4. The summed E-state index contributed by atoms with van der Waals surface area (Å²) in [7, 11) is 3.09. The first-order valence-electron chi connectivity index (χ1n) is 32.5. The number of halogens is 2. The Bertz CT molecular complexity index is 4650. The summed E-state index contributed by atoms with van der Waals surface area (Å²) >= 11 is 15.9. The maximum Gasteiger partial charge on any atom is 0.286 e. The third-order valence-corrected chi connectivity index (χ3v) is 21.4. The van der Waals surface area contributed by atoms with E-state index in [9.17, 15) is 57.5 Å². The second-order valence-corrected chi connectivity index (χ2v) is 31.6. The Hall–Kier alpha value is -10.2. The minimum absolute atomic E-state index is 0.0733. The standard InChI is InChI=1S/2C20H19NO5S.2C19H16ClNO4S/c1-20(18(23)21-19(24)27-20)11-13-3-7-16(8-4-13)26-12-17(22)14-5-9-15(25-2)10-6-14;1-20(18(23)21-19(24)27-20)11-13-7-9-14(10-8-13)26-12-16(22)15-5-3-4-6-17(15)25-2;1-19(17(23)21-18(24)26-19)10-12-5-7-15(8-6-12)25-11-16(22)13-3-2-4-14(20)9-13;1-19(17(23)21-18(24)26-19)10-12-6-8-13(9-7-12)25-11-16(22)14-4-2-3-5-15(14)20/h2*3-10H,11-12H2,1-2H3,(H,21,23,24);2*2-9H,10-11H2,1H3,(H,21,23,24). The molecule has 4 aliphatic rings. The van der Waals surface area contributed by atoms with Crippen LogP contribution in [0.2, 0.25) is 10.0 Å². The highest BCUT2D eigenvalue weighted by molar-refractivity contribution is 8.17. The van der Waals surface area contributed by atoms with E-state index in [1.54, 1.807) is 180 Å². The zero-order chi connectivity index (χ0) is 76.3. The van der Waals surface area contributed by atoms with E-state index in [-0.39, 0.29) is 94.1 Å². The summed E-state index contributed by atoms with van der Waals surface area (Å²) in [4.78, 5) is 142. The minimum Gasteiger partial charge on any atom is -0.497 e. The predicted molar refractivity (Wildman–Crippen MR) is 407 cm³/mol. The quantitative estimate of drug-likeness (QED) is 0.0366. The Morgan fingerprint density at radius 3 is 0.972 bits per heavy atom. The molecule has 4 heterocycles. The molecule has 4 fully saturated rings. The number of methoxy groups -OCH3 is 2. The van der Waals surface area contributed by atoms with E-state index in [4.69, 9.17) is 51.6 Å². The van der Waals surface area contributed by atoms with Crippen molar-refractivity contribution < 1.29 is 86.0 Å². The molecule has 0 bridgehead atoms. The normalized spacial score (nSPS) is 19.1. The molecule has 4 saturated heterocycles. The van der Waals surface area contributed by atoms with E-state index in [1.165, 1.54) is 7.11 Å². The van der Waals surface area contributed by atoms with Crippen LogP contribution in [0.5, 0.6) is 34.5 Å². The van der Waals surface area contributed by atoms with Crippen LogP contribution in [0.4, 0.5) is 19.2 Å². The molecule has 28 heteroatoms. The monoisotopic (exact) mass is 1550 g/mol. The van der Waals surface area contributed by atoms with E-state index < -0.39 is 19.0 Å². The van der Waals surface area contributed by atoms with Crippen molar-refractivity contribution in [2.45, 2.75) is 72.4 Å². The lowest BCUT2D eigenvalue weighted by atomic mass is 9.99. The van der Waals surface area contributed by atoms with Crippen LogP contribution in [0.3, 0.4) is 0 Å². The fourth-order valence-corrected chi connectivity index (χ4v) is 14.9. The summed E-state index contributed by atoms with van der Waals surface area (Å²) < 4.78 is 29.2.